The number of hydrogen-bond acceptors (Lipinski definition) is 6. The number of carbonyl (C=O) groups is 1. The molecule has 0 saturated carbocycles. The zero-order chi connectivity index (χ0) is 15.4. The summed E-state index contributed by atoms with van der Waals surface area (Å²) in [6, 6.07) is 4.23. The van der Waals surface area contributed by atoms with E-state index in [4.69, 9.17) is 8.94 Å². The van der Waals surface area contributed by atoms with Crippen LogP contribution < -0.4 is 10.6 Å². The molecule has 118 valence electrons. The summed E-state index contributed by atoms with van der Waals surface area (Å²) in [4.78, 5) is 16.2. The molecule has 1 aliphatic rings. The van der Waals surface area contributed by atoms with E-state index in [0.717, 1.165) is 19.4 Å². The van der Waals surface area contributed by atoms with E-state index in [2.05, 4.69) is 27.7 Å². The predicted octanol–water partition coefficient (Wildman–Crippen LogP) is 1.52. The third kappa shape index (κ3) is 3.73. The van der Waals surface area contributed by atoms with Crippen molar-refractivity contribution in [1.82, 2.24) is 20.8 Å². The number of hydrogen-bond donors (Lipinski definition) is 2. The lowest BCUT2D eigenvalue weighted by Gasteiger charge is -2.28. The molecule has 0 bridgehead atoms. The van der Waals surface area contributed by atoms with Crippen molar-refractivity contribution in [2.45, 2.75) is 44.7 Å². The molecule has 22 heavy (non-hydrogen) atoms. The molecule has 2 unspecified atom stereocenters. The van der Waals surface area contributed by atoms with Crippen molar-refractivity contribution < 1.29 is 13.7 Å². The van der Waals surface area contributed by atoms with Gasteiger partial charge in [-0.05, 0) is 38.4 Å². The van der Waals surface area contributed by atoms with Crippen LogP contribution in [-0.4, -0.2) is 34.7 Å². The monoisotopic (exact) mass is 304 g/mol. The second-order valence-electron chi connectivity index (χ2n) is 5.63. The molecule has 0 aromatic carbocycles. The van der Waals surface area contributed by atoms with E-state index < -0.39 is 0 Å². The molecular weight excluding hydrogens is 284 g/mol. The molecule has 0 aliphatic carbocycles. The first-order valence-electron chi connectivity index (χ1n) is 7.60. The fraction of sp³-hybridized carbons (Fsp3) is 0.533. The minimum absolute atomic E-state index is 0.0249. The molecule has 7 nitrogen and oxygen atoms in total. The summed E-state index contributed by atoms with van der Waals surface area (Å²) in [5.74, 6) is 1.44. The van der Waals surface area contributed by atoms with Crippen molar-refractivity contribution >= 4 is 5.91 Å². The highest BCUT2D eigenvalue weighted by atomic mass is 16.5. The number of carbonyl (C=O) groups excluding carboxylic acids is 1. The minimum atomic E-state index is 0.0249. The maximum absolute atomic E-state index is 12.0. The molecular formula is C15H20N4O3. The van der Waals surface area contributed by atoms with Crippen LogP contribution in [0.2, 0.25) is 0 Å². The van der Waals surface area contributed by atoms with Gasteiger partial charge in [0, 0.05) is 24.9 Å². The van der Waals surface area contributed by atoms with Gasteiger partial charge >= 0.3 is 0 Å². The van der Waals surface area contributed by atoms with Gasteiger partial charge in [-0.25, -0.2) is 0 Å². The predicted molar refractivity (Wildman–Crippen MR) is 79.0 cm³/mol. The highest BCUT2D eigenvalue weighted by Gasteiger charge is 2.20. The van der Waals surface area contributed by atoms with Crippen LogP contribution in [0.5, 0.6) is 0 Å². The number of aryl methyl sites for hydroxylation is 1. The Balaban J connectivity index is 1.47. The third-order valence-electron chi connectivity index (χ3n) is 3.76. The van der Waals surface area contributed by atoms with Crippen molar-refractivity contribution in [2.24, 2.45) is 0 Å². The molecule has 1 fully saturated rings. The zero-order valence-electron chi connectivity index (χ0n) is 12.5. The van der Waals surface area contributed by atoms with Gasteiger partial charge in [-0.15, -0.1) is 0 Å². The molecule has 2 atom stereocenters. The van der Waals surface area contributed by atoms with E-state index >= 15 is 0 Å². The summed E-state index contributed by atoms with van der Waals surface area (Å²) >= 11 is 0. The fourth-order valence-electron chi connectivity index (χ4n) is 2.65. The summed E-state index contributed by atoms with van der Waals surface area (Å²) in [5.41, 5.74) is 0. The van der Waals surface area contributed by atoms with Crippen molar-refractivity contribution in [2.75, 3.05) is 6.54 Å². The molecule has 1 aliphatic heterocycles. The molecule has 2 N–H and O–H groups in total. The van der Waals surface area contributed by atoms with Crippen molar-refractivity contribution in [3.8, 4) is 11.6 Å². The van der Waals surface area contributed by atoms with Gasteiger partial charge in [-0.3, -0.25) is 4.79 Å². The lowest BCUT2D eigenvalue weighted by molar-refractivity contribution is -0.122. The van der Waals surface area contributed by atoms with E-state index in [1.165, 1.54) is 0 Å². The topological polar surface area (TPSA) is 93.2 Å². The van der Waals surface area contributed by atoms with E-state index in [-0.39, 0.29) is 11.9 Å². The fourth-order valence-corrected chi connectivity index (χ4v) is 2.65. The van der Waals surface area contributed by atoms with Crippen LogP contribution in [0.3, 0.4) is 0 Å². The summed E-state index contributed by atoms with van der Waals surface area (Å²) in [5, 5.41) is 10.3. The first kappa shape index (κ1) is 14.8. The first-order valence-corrected chi connectivity index (χ1v) is 7.60. The Bertz CT molecular complexity index is 608. The molecule has 1 saturated heterocycles. The Hall–Kier alpha value is -2.15. The van der Waals surface area contributed by atoms with Crippen molar-refractivity contribution in [3.63, 3.8) is 0 Å². The molecule has 2 aromatic rings. The molecule has 1 amide bonds. The number of nitrogens with zero attached hydrogens (tertiary/aromatic N) is 2. The second-order valence-corrected chi connectivity index (χ2v) is 5.63. The maximum Gasteiger partial charge on any atom is 0.238 e. The Kier molecular flexibility index (Phi) is 4.53. The minimum Gasteiger partial charge on any atom is -0.461 e. The molecule has 0 spiro atoms. The largest absolute Gasteiger partial charge is 0.461 e. The Morgan fingerprint density at radius 1 is 1.55 bits per heavy atom. The van der Waals surface area contributed by atoms with Crippen LogP contribution in [0.15, 0.2) is 27.3 Å². The van der Waals surface area contributed by atoms with Gasteiger partial charge in [0.15, 0.2) is 5.76 Å². The van der Waals surface area contributed by atoms with Gasteiger partial charge in [-0.1, -0.05) is 5.16 Å². The summed E-state index contributed by atoms with van der Waals surface area (Å²) in [6.45, 7) is 3.08. The number of nitrogens with one attached hydrogen (secondary N) is 2. The molecule has 0 radical (unpaired) electrons. The van der Waals surface area contributed by atoms with Crippen molar-refractivity contribution in [3.05, 3.63) is 24.3 Å². The molecule has 2 aromatic heterocycles. The highest BCUT2D eigenvalue weighted by molar-refractivity contribution is 5.76. The smallest absolute Gasteiger partial charge is 0.238 e. The molecule has 3 heterocycles. The SMILES string of the molecule is CC1CC(NC(=O)CCc2nc(-c3ccco3)no2)CCN1. The normalized spacial score (nSPS) is 21.7. The van der Waals surface area contributed by atoms with Gasteiger partial charge in [0.2, 0.25) is 17.6 Å². The number of amides is 1. The van der Waals surface area contributed by atoms with E-state index in [9.17, 15) is 4.79 Å². The maximum atomic E-state index is 12.0. The third-order valence-corrected chi connectivity index (χ3v) is 3.76. The van der Waals surface area contributed by atoms with Crippen LogP contribution in [-0.2, 0) is 11.2 Å². The number of furan rings is 1. The average Bonchev–Trinajstić information content (AvgIpc) is 3.16. The van der Waals surface area contributed by atoms with E-state index in [1.54, 1.807) is 18.4 Å². The van der Waals surface area contributed by atoms with Gasteiger partial charge in [0.05, 0.1) is 6.26 Å². The lowest BCUT2D eigenvalue weighted by Crippen LogP contribution is -2.46. The van der Waals surface area contributed by atoms with Gasteiger partial charge in [0.25, 0.3) is 0 Å². The zero-order valence-corrected chi connectivity index (χ0v) is 12.5. The van der Waals surface area contributed by atoms with E-state index in [1.807, 2.05) is 0 Å². The average molecular weight is 304 g/mol. The van der Waals surface area contributed by atoms with Crippen LogP contribution in [0.4, 0.5) is 0 Å². The standard InChI is InChI=1S/C15H20N4O3/c1-10-9-11(6-7-16-10)17-13(20)4-5-14-18-15(19-22-14)12-3-2-8-21-12/h2-3,8,10-11,16H,4-7,9H2,1H3,(H,17,20). The quantitative estimate of drug-likeness (QED) is 0.870. The van der Waals surface area contributed by atoms with Crippen LogP contribution in [0.1, 0.15) is 32.1 Å². The molecule has 3 rings (SSSR count). The Morgan fingerprint density at radius 2 is 2.45 bits per heavy atom. The van der Waals surface area contributed by atoms with Crippen LogP contribution >= 0.6 is 0 Å². The summed E-state index contributed by atoms with van der Waals surface area (Å²) in [6.07, 6.45) is 4.27. The van der Waals surface area contributed by atoms with Crippen LogP contribution in [0, 0.1) is 0 Å². The Morgan fingerprint density at radius 3 is 3.23 bits per heavy atom. The summed E-state index contributed by atoms with van der Waals surface area (Å²) in [7, 11) is 0. The Labute approximate surface area is 128 Å². The van der Waals surface area contributed by atoms with Crippen LogP contribution in [0.25, 0.3) is 11.6 Å². The number of rotatable bonds is 5. The van der Waals surface area contributed by atoms with Gasteiger partial charge in [0.1, 0.15) is 0 Å². The lowest BCUT2D eigenvalue weighted by atomic mass is 10.0. The van der Waals surface area contributed by atoms with Crippen molar-refractivity contribution in [1.29, 1.82) is 0 Å². The first-order chi connectivity index (χ1) is 10.7. The highest BCUT2D eigenvalue weighted by Crippen LogP contribution is 2.16. The van der Waals surface area contributed by atoms with Gasteiger partial charge in [-0.2, -0.15) is 4.98 Å². The van der Waals surface area contributed by atoms with Gasteiger partial charge < -0.3 is 19.6 Å². The number of piperidine rings is 1. The van der Waals surface area contributed by atoms with E-state index in [0.29, 0.717) is 36.4 Å². The molecule has 7 heteroatoms. The second kappa shape index (κ2) is 6.74. The summed E-state index contributed by atoms with van der Waals surface area (Å²) < 4.78 is 10.3. The number of aromatic nitrogens is 2.